The van der Waals surface area contributed by atoms with Gasteiger partial charge in [0.2, 0.25) is 0 Å². The van der Waals surface area contributed by atoms with Crippen molar-refractivity contribution in [2.45, 2.75) is 52.9 Å². The quantitative estimate of drug-likeness (QED) is 0.338. The number of fused-ring (bicyclic) bond motifs is 1. The fraction of sp³-hybridized carbons (Fsp3) is 0.524. The van der Waals surface area contributed by atoms with Gasteiger partial charge in [-0.1, -0.05) is 11.6 Å². The first-order chi connectivity index (χ1) is 13.8. The number of carboxylic acid groups (broad SMARTS) is 1. The Morgan fingerprint density at radius 2 is 2.00 bits per heavy atom. The summed E-state index contributed by atoms with van der Waals surface area (Å²) in [6.07, 6.45) is 2.35. The van der Waals surface area contributed by atoms with Crippen molar-refractivity contribution < 1.29 is 38.4 Å². The van der Waals surface area contributed by atoms with Gasteiger partial charge in [-0.3, -0.25) is 4.79 Å². The maximum absolute atomic E-state index is 12.4. The minimum Gasteiger partial charge on any atom is -0.496 e. The molecule has 0 bridgehead atoms. The summed E-state index contributed by atoms with van der Waals surface area (Å²) in [5.74, 6) is -0.331. The van der Waals surface area contributed by atoms with Crippen LogP contribution in [0.5, 0.6) is 11.5 Å². The SMILES string of the molecule is COc1c(C)c2c(c(OCOC(C)OC)c1CC=C(C)CCC(=O)O)C(=O)OC2. The van der Waals surface area contributed by atoms with Gasteiger partial charge in [-0.05, 0) is 39.2 Å². The molecule has 8 heteroatoms. The van der Waals surface area contributed by atoms with Crippen LogP contribution in [0.25, 0.3) is 0 Å². The predicted molar refractivity (Wildman–Crippen MR) is 104 cm³/mol. The molecule has 0 saturated carbocycles. The zero-order valence-electron chi connectivity index (χ0n) is 17.5. The van der Waals surface area contributed by atoms with E-state index in [1.807, 2.05) is 19.9 Å². The topological polar surface area (TPSA) is 101 Å². The minimum absolute atomic E-state index is 0.0567. The molecule has 0 fully saturated rings. The number of carbonyl (C=O) groups is 2. The van der Waals surface area contributed by atoms with Crippen molar-refractivity contribution in [3.05, 3.63) is 33.9 Å². The molecule has 1 heterocycles. The molecule has 1 aromatic carbocycles. The molecule has 160 valence electrons. The number of methoxy groups -OCH3 is 2. The molecule has 0 aromatic heterocycles. The molecule has 29 heavy (non-hydrogen) atoms. The minimum atomic E-state index is -0.847. The van der Waals surface area contributed by atoms with E-state index in [1.165, 1.54) is 7.11 Å². The average molecular weight is 408 g/mol. The van der Waals surface area contributed by atoms with E-state index in [2.05, 4.69) is 0 Å². The number of hydrogen-bond donors (Lipinski definition) is 1. The maximum Gasteiger partial charge on any atom is 0.342 e. The maximum atomic E-state index is 12.4. The molecule has 1 N–H and O–H groups in total. The van der Waals surface area contributed by atoms with Crippen molar-refractivity contribution in [1.29, 1.82) is 0 Å². The van der Waals surface area contributed by atoms with Gasteiger partial charge in [0.25, 0.3) is 0 Å². The molecule has 1 aromatic rings. The number of allylic oxidation sites excluding steroid dienone is 2. The van der Waals surface area contributed by atoms with E-state index in [9.17, 15) is 9.59 Å². The Bertz CT molecular complexity index is 797. The molecular weight excluding hydrogens is 380 g/mol. The highest BCUT2D eigenvalue weighted by atomic mass is 16.7. The van der Waals surface area contributed by atoms with Crippen LogP contribution in [0.4, 0.5) is 0 Å². The van der Waals surface area contributed by atoms with Crippen LogP contribution >= 0.6 is 0 Å². The number of carbonyl (C=O) groups excluding carboxylic acids is 1. The van der Waals surface area contributed by atoms with E-state index in [4.69, 9.17) is 28.8 Å². The third-order valence-corrected chi connectivity index (χ3v) is 4.85. The Morgan fingerprint density at radius 3 is 2.62 bits per heavy atom. The molecule has 2 rings (SSSR count). The predicted octanol–water partition coefficient (Wildman–Crippen LogP) is 3.37. The summed E-state index contributed by atoms with van der Waals surface area (Å²) in [5, 5.41) is 8.86. The van der Waals surface area contributed by atoms with E-state index in [0.717, 1.165) is 16.7 Å². The van der Waals surface area contributed by atoms with Crippen LogP contribution in [0.3, 0.4) is 0 Å². The van der Waals surface area contributed by atoms with Gasteiger partial charge >= 0.3 is 11.9 Å². The Labute approximate surface area is 170 Å². The third-order valence-electron chi connectivity index (χ3n) is 4.85. The van der Waals surface area contributed by atoms with E-state index in [1.54, 1.807) is 14.0 Å². The molecule has 0 amide bonds. The summed E-state index contributed by atoms with van der Waals surface area (Å²) in [4.78, 5) is 23.2. The van der Waals surface area contributed by atoms with Crippen molar-refractivity contribution in [2.24, 2.45) is 0 Å². The second-order valence-corrected chi connectivity index (χ2v) is 6.78. The first-order valence-electron chi connectivity index (χ1n) is 9.34. The third kappa shape index (κ3) is 5.48. The van der Waals surface area contributed by atoms with Gasteiger partial charge in [0.15, 0.2) is 13.1 Å². The van der Waals surface area contributed by atoms with E-state index in [0.29, 0.717) is 35.5 Å². The molecule has 0 radical (unpaired) electrons. The lowest BCUT2D eigenvalue weighted by molar-refractivity contribution is -0.149. The lowest BCUT2D eigenvalue weighted by Gasteiger charge is -2.20. The molecule has 8 nitrogen and oxygen atoms in total. The zero-order chi connectivity index (χ0) is 21.6. The highest BCUT2D eigenvalue weighted by Gasteiger charge is 2.33. The van der Waals surface area contributed by atoms with Crippen molar-refractivity contribution in [3.8, 4) is 11.5 Å². The van der Waals surface area contributed by atoms with Gasteiger partial charge in [-0.2, -0.15) is 0 Å². The summed E-state index contributed by atoms with van der Waals surface area (Å²) >= 11 is 0. The van der Waals surface area contributed by atoms with E-state index >= 15 is 0 Å². The highest BCUT2D eigenvalue weighted by Crippen LogP contribution is 2.42. The number of cyclic esters (lactones) is 1. The van der Waals surface area contributed by atoms with Crippen LogP contribution in [0.2, 0.25) is 0 Å². The standard InChI is InChI=1S/C21H28O8/c1-12(7-9-17(22)23)6-8-15-19(26-5)13(2)16-10-27-21(24)18(16)20(15)29-11-28-14(3)25-4/h6,14H,7-11H2,1-5H3,(H,22,23). The lowest BCUT2D eigenvalue weighted by Crippen LogP contribution is -2.16. The normalized spacial score (nSPS) is 14.4. The van der Waals surface area contributed by atoms with Crippen molar-refractivity contribution >= 4 is 11.9 Å². The fourth-order valence-electron chi connectivity index (χ4n) is 3.11. The molecule has 0 aliphatic carbocycles. The van der Waals surface area contributed by atoms with Crippen molar-refractivity contribution in [3.63, 3.8) is 0 Å². The second kappa shape index (κ2) is 10.3. The Balaban J connectivity index is 2.41. The lowest BCUT2D eigenvalue weighted by atomic mass is 9.94. The molecule has 1 aliphatic heterocycles. The number of esters is 1. The van der Waals surface area contributed by atoms with Crippen LogP contribution in [-0.2, 0) is 32.0 Å². The summed E-state index contributed by atoms with van der Waals surface area (Å²) in [7, 11) is 3.08. The highest BCUT2D eigenvalue weighted by molar-refractivity contribution is 5.98. The van der Waals surface area contributed by atoms with Gasteiger partial charge < -0.3 is 28.8 Å². The second-order valence-electron chi connectivity index (χ2n) is 6.78. The summed E-state index contributed by atoms with van der Waals surface area (Å²) in [6.45, 7) is 5.52. The molecule has 0 spiro atoms. The van der Waals surface area contributed by atoms with Crippen LogP contribution in [0, 0.1) is 6.92 Å². The van der Waals surface area contributed by atoms with Gasteiger partial charge in [0.05, 0.1) is 7.11 Å². The molecular formula is C21H28O8. The first-order valence-corrected chi connectivity index (χ1v) is 9.34. The van der Waals surface area contributed by atoms with Crippen LogP contribution < -0.4 is 9.47 Å². The number of ether oxygens (including phenoxy) is 5. The Kier molecular flexibility index (Phi) is 8.04. The fourth-order valence-corrected chi connectivity index (χ4v) is 3.11. The number of carboxylic acids is 1. The molecule has 1 atom stereocenters. The van der Waals surface area contributed by atoms with Gasteiger partial charge in [0.1, 0.15) is 23.7 Å². The Morgan fingerprint density at radius 1 is 1.28 bits per heavy atom. The summed E-state index contributed by atoms with van der Waals surface area (Å²) in [6, 6.07) is 0. The van der Waals surface area contributed by atoms with Crippen LogP contribution in [-0.4, -0.2) is 44.3 Å². The number of rotatable bonds is 11. The average Bonchev–Trinajstić information content (AvgIpc) is 3.08. The largest absolute Gasteiger partial charge is 0.496 e. The number of hydrogen-bond acceptors (Lipinski definition) is 7. The number of benzene rings is 1. The van der Waals surface area contributed by atoms with Gasteiger partial charge in [-0.25, -0.2) is 4.79 Å². The molecule has 0 saturated heterocycles. The van der Waals surface area contributed by atoms with E-state index in [-0.39, 0.29) is 19.8 Å². The van der Waals surface area contributed by atoms with Gasteiger partial charge in [-0.15, -0.1) is 0 Å². The van der Waals surface area contributed by atoms with Gasteiger partial charge in [0, 0.05) is 24.7 Å². The first kappa shape index (κ1) is 22.7. The van der Waals surface area contributed by atoms with Crippen LogP contribution in [0.15, 0.2) is 11.6 Å². The molecule has 1 aliphatic rings. The van der Waals surface area contributed by atoms with Crippen molar-refractivity contribution in [1.82, 2.24) is 0 Å². The summed E-state index contributed by atoms with van der Waals surface area (Å²) < 4.78 is 27.1. The monoisotopic (exact) mass is 408 g/mol. The zero-order valence-corrected chi connectivity index (χ0v) is 17.5. The Hall–Kier alpha value is -2.58. The van der Waals surface area contributed by atoms with E-state index < -0.39 is 18.2 Å². The van der Waals surface area contributed by atoms with Crippen molar-refractivity contribution in [2.75, 3.05) is 21.0 Å². The number of aliphatic carboxylic acids is 1. The summed E-state index contributed by atoms with van der Waals surface area (Å²) in [5.41, 5.74) is 3.54. The van der Waals surface area contributed by atoms with Crippen LogP contribution in [0.1, 0.15) is 53.7 Å². The smallest absolute Gasteiger partial charge is 0.342 e. The molecule has 1 unspecified atom stereocenters.